The lowest BCUT2D eigenvalue weighted by molar-refractivity contribution is -0.114. The second kappa shape index (κ2) is 10.2. The van der Waals surface area contributed by atoms with E-state index in [2.05, 4.69) is 15.7 Å². The van der Waals surface area contributed by atoms with Crippen LogP contribution in [0.4, 0.5) is 11.4 Å². The lowest BCUT2D eigenvalue weighted by Gasteiger charge is -2.11. The van der Waals surface area contributed by atoms with Crippen molar-refractivity contribution >= 4 is 40.9 Å². The number of methoxy groups -OCH3 is 1. The van der Waals surface area contributed by atoms with Crippen LogP contribution in [0, 0.1) is 13.8 Å². The average molecular weight is 453 g/mol. The van der Waals surface area contributed by atoms with Crippen LogP contribution in [0.3, 0.4) is 0 Å². The smallest absolute Gasteiger partial charge is 0.248 e. The maximum atomic E-state index is 12.5. The fraction of sp³-hybridized carbons (Fsp3) is 0.208. The predicted molar refractivity (Wildman–Crippen MR) is 127 cm³/mol. The second-order valence-corrected chi connectivity index (χ2v) is 7.66. The first-order valence-electron chi connectivity index (χ1n) is 10.0. The Kier molecular flexibility index (Phi) is 7.33. The minimum Gasteiger partial charge on any atom is -0.494 e. The number of nitrogens with zero attached hydrogens (tertiary/aromatic N) is 2. The molecule has 2 N–H and O–H groups in total. The van der Waals surface area contributed by atoms with Crippen molar-refractivity contribution in [1.29, 1.82) is 0 Å². The summed E-state index contributed by atoms with van der Waals surface area (Å²) in [7, 11) is 1.50. The minimum absolute atomic E-state index is 0.205. The topological polar surface area (TPSA) is 85.2 Å². The highest BCUT2D eigenvalue weighted by molar-refractivity contribution is 6.31. The van der Waals surface area contributed by atoms with E-state index in [1.165, 1.54) is 20.1 Å². The normalized spacial score (nSPS) is 10.9. The van der Waals surface area contributed by atoms with Crippen molar-refractivity contribution in [3.05, 3.63) is 76.1 Å². The molecule has 2 aromatic carbocycles. The summed E-state index contributed by atoms with van der Waals surface area (Å²) in [6.45, 7) is 5.83. The number of anilines is 2. The number of hydrogen-bond donors (Lipinski definition) is 2. The van der Waals surface area contributed by atoms with Gasteiger partial charge in [-0.2, -0.15) is 5.10 Å². The summed E-state index contributed by atoms with van der Waals surface area (Å²) < 4.78 is 7.16. The molecule has 0 saturated carbocycles. The van der Waals surface area contributed by atoms with Crippen LogP contribution in [0.5, 0.6) is 5.75 Å². The van der Waals surface area contributed by atoms with Crippen molar-refractivity contribution in [2.24, 2.45) is 0 Å². The van der Waals surface area contributed by atoms with Gasteiger partial charge in [0.1, 0.15) is 5.75 Å². The SMILES string of the molecule is COc1cc(NC(=O)C=Cc2c(C)nn(Cc3ccccc3Cl)c2C)ccc1NC(C)=O. The van der Waals surface area contributed by atoms with Crippen molar-refractivity contribution < 1.29 is 14.3 Å². The van der Waals surface area contributed by atoms with Crippen molar-refractivity contribution in [3.63, 3.8) is 0 Å². The number of aryl methyl sites for hydroxylation is 1. The maximum Gasteiger partial charge on any atom is 0.248 e. The number of halogens is 1. The largest absolute Gasteiger partial charge is 0.494 e. The van der Waals surface area contributed by atoms with E-state index in [4.69, 9.17) is 16.3 Å². The summed E-state index contributed by atoms with van der Waals surface area (Å²) in [4.78, 5) is 23.7. The Morgan fingerprint density at radius 1 is 1.16 bits per heavy atom. The number of hydrogen-bond acceptors (Lipinski definition) is 4. The van der Waals surface area contributed by atoms with Crippen LogP contribution in [-0.4, -0.2) is 28.7 Å². The van der Waals surface area contributed by atoms with Gasteiger partial charge in [-0.1, -0.05) is 29.8 Å². The standard InChI is InChI=1S/C24H25ClN4O3/c1-15-20(16(2)29(28-15)14-18-7-5-6-8-21(18)25)10-12-24(31)27-19-9-11-22(26-17(3)30)23(13-19)32-4/h5-13H,14H2,1-4H3,(H,26,30)(H,27,31). The molecule has 0 bridgehead atoms. The molecule has 1 aromatic heterocycles. The summed E-state index contributed by atoms with van der Waals surface area (Å²) in [5.74, 6) is -0.0460. The highest BCUT2D eigenvalue weighted by Gasteiger charge is 2.12. The zero-order chi connectivity index (χ0) is 23.3. The van der Waals surface area contributed by atoms with Crippen molar-refractivity contribution in [3.8, 4) is 5.75 Å². The summed E-state index contributed by atoms with van der Waals surface area (Å²) in [6.07, 6.45) is 3.21. The number of benzene rings is 2. The molecule has 0 aliphatic heterocycles. The van der Waals surface area contributed by atoms with E-state index in [-0.39, 0.29) is 11.8 Å². The second-order valence-electron chi connectivity index (χ2n) is 7.25. The third-order valence-electron chi connectivity index (χ3n) is 4.90. The Balaban J connectivity index is 1.72. The minimum atomic E-state index is -0.294. The van der Waals surface area contributed by atoms with Crippen LogP contribution >= 0.6 is 11.6 Å². The number of aromatic nitrogens is 2. The van der Waals surface area contributed by atoms with E-state index >= 15 is 0 Å². The molecule has 2 amide bonds. The molecule has 0 aliphatic carbocycles. The number of nitrogens with one attached hydrogen (secondary N) is 2. The lowest BCUT2D eigenvalue weighted by atomic mass is 10.1. The monoisotopic (exact) mass is 452 g/mol. The quantitative estimate of drug-likeness (QED) is 0.503. The summed E-state index contributed by atoms with van der Waals surface area (Å²) in [5.41, 5.74) is 4.70. The fourth-order valence-electron chi connectivity index (χ4n) is 3.30. The van der Waals surface area contributed by atoms with Crippen LogP contribution in [0.1, 0.15) is 29.4 Å². The van der Waals surface area contributed by atoms with Crippen LogP contribution in [0.15, 0.2) is 48.5 Å². The Morgan fingerprint density at radius 2 is 1.91 bits per heavy atom. The van der Waals surface area contributed by atoms with E-state index in [1.54, 1.807) is 24.3 Å². The van der Waals surface area contributed by atoms with Gasteiger partial charge in [-0.15, -0.1) is 0 Å². The highest BCUT2D eigenvalue weighted by Crippen LogP contribution is 2.28. The van der Waals surface area contributed by atoms with Crippen molar-refractivity contribution in [1.82, 2.24) is 9.78 Å². The van der Waals surface area contributed by atoms with Gasteiger partial charge in [-0.3, -0.25) is 14.3 Å². The highest BCUT2D eigenvalue weighted by atomic mass is 35.5. The van der Waals surface area contributed by atoms with Gasteiger partial charge in [0.05, 0.1) is 25.0 Å². The molecule has 0 saturated heterocycles. The maximum absolute atomic E-state index is 12.5. The average Bonchev–Trinajstić information content (AvgIpc) is 3.01. The van der Waals surface area contributed by atoms with Gasteiger partial charge < -0.3 is 15.4 Å². The van der Waals surface area contributed by atoms with Crippen molar-refractivity contribution in [2.75, 3.05) is 17.7 Å². The van der Waals surface area contributed by atoms with E-state index in [9.17, 15) is 9.59 Å². The predicted octanol–water partition coefficient (Wildman–Crippen LogP) is 4.82. The van der Waals surface area contributed by atoms with Gasteiger partial charge in [0, 0.05) is 41.0 Å². The number of rotatable bonds is 7. The third kappa shape index (κ3) is 5.56. The van der Waals surface area contributed by atoms with Crippen LogP contribution in [0.25, 0.3) is 6.08 Å². The summed E-state index contributed by atoms with van der Waals surface area (Å²) in [6, 6.07) is 12.7. The lowest BCUT2D eigenvalue weighted by Crippen LogP contribution is -2.10. The first-order valence-corrected chi connectivity index (χ1v) is 10.4. The molecule has 0 spiro atoms. The Hall–Kier alpha value is -3.58. The van der Waals surface area contributed by atoms with Crippen molar-refractivity contribution in [2.45, 2.75) is 27.3 Å². The summed E-state index contributed by atoms with van der Waals surface area (Å²) >= 11 is 6.27. The number of ether oxygens (including phenoxy) is 1. The summed E-state index contributed by atoms with van der Waals surface area (Å²) in [5, 5.41) is 10.8. The molecular formula is C24H25ClN4O3. The van der Waals surface area contributed by atoms with E-state index in [0.29, 0.717) is 28.7 Å². The molecule has 0 radical (unpaired) electrons. The third-order valence-corrected chi connectivity index (χ3v) is 5.27. The van der Waals surface area contributed by atoms with Gasteiger partial charge >= 0.3 is 0 Å². The van der Waals surface area contributed by atoms with Gasteiger partial charge in [0.2, 0.25) is 11.8 Å². The zero-order valence-corrected chi connectivity index (χ0v) is 19.2. The van der Waals surface area contributed by atoms with Gasteiger partial charge in [0.25, 0.3) is 0 Å². The number of carbonyl (C=O) groups excluding carboxylic acids is 2. The van der Waals surface area contributed by atoms with Crippen LogP contribution in [-0.2, 0) is 16.1 Å². The number of carbonyl (C=O) groups is 2. The zero-order valence-electron chi connectivity index (χ0n) is 18.4. The molecule has 0 aliphatic rings. The first-order chi connectivity index (χ1) is 15.3. The van der Waals surface area contributed by atoms with Gasteiger partial charge in [0.15, 0.2) is 0 Å². The molecule has 3 rings (SSSR count). The van der Waals surface area contributed by atoms with E-state index < -0.39 is 0 Å². The molecule has 1 heterocycles. The Morgan fingerprint density at radius 3 is 2.59 bits per heavy atom. The van der Waals surface area contributed by atoms with Crippen LogP contribution in [0.2, 0.25) is 5.02 Å². The molecule has 3 aromatic rings. The molecule has 0 unspecified atom stereocenters. The Labute approximate surface area is 192 Å². The number of amides is 2. The molecule has 0 fully saturated rings. The molecule has 32 heavy (non-hydrogen) atoms. The molecule has 0 atom stereocenters. The molecule has 8 heteroatoms. The molecular weight excluding hydrogens is 428 g/mol. The van der Waals surface area contributed by atoms with E-state index in [0.717, 1.165) is 22.5 Å². The van der Waals surface area contributed by atoms with E-state index in [1.807, 2.05) is 42.8 Å². The fourth-order valence-corrected chi connectivity index (χ4v) is 3.49. The Bertz CT molecular complexity index is 1180. The first kappa shape index (κ1) is 23.1. The van der Waals surface area contributed by atoms with Crippen LogP contribution < -0.4 is 15.4 Å². The molecule has 7 nitrogen and oxygen atoms in total. The van der Waals surface area contributed by atoms with Gasteiger partial charge in [-0.05, 0) is 43.7 Å². The molecule has 166 valence electrons. The van der Waals surface area contributed by atoms with Gasteiger partial charge in [-0.25, -0.2) is 0 Å².